The molecule has 0 saturated carbocycles. The van der Waals surface area contributed by atoms with E-state index in [1.165, 1.54) is 18.5 Å². The molecule has 4 heteroatoms. The van der Waals surface area contributed by atoms with Crippen molar-refractivity contribution in [3.63, 3.8) is 0 Å². The van der Waals surface area contributed by atoms with Gasteiger partial charge in [0.1, 0.15) is 0 Å². The molecule has 1 aliphatic rings. The van der Waals surface area contributed by atoms with Crippen LogP contribution in [0.25, 0.3) is 0 Å². The van der Waals surface area contributed by atoms with Crippen LogP contribution in [0.2, 0.25) is 0 Å². The van der Waals surface area contributed by atoms with Crippen LogP contribution in [-0.4, -0.2) is 44.0 Å². The molecule has 156 valence electrons. The molecule has 0 aliphatic carbocycles. The number of hydrogen-bond donors (Lipinski definition) is 1. The van der Waals surface area contributed by atoms with Crippen molar-refractivity contribution in [2.45, 2.75) is 32.7 Å². The zero-order chi connectivity index (χ0) is 20.5. The fourth-order valence-corrected chi connectivity index (χ4v) is 4.20. The number of anilines is 1. The van der Waals surface area contributed by atoms with E-state index < -0.39 is 0 Å². The highest BCUT2D eigenvalue weighted by molar-refractivity contribution is 5.94. The highest BCUT2D eigenvalue weighted by Crippen LogP contribution is 2.19. The second kappa shape index (κ2) is 11.1. The molecule has 2 atom stereocenters. The number of nitrogens with one attached hydrogen (secondary N) is 1. The third kappa shape index (κ3) is 6.41. The van der Waals surface area contributed by atoms with Crippen molar-refractivity contribution in [2.24, 2.45) is 11.8 Å². The van der Waals surface area contributed by atoms with E-state index in [-0.39, 0.29) is 11.8 Å². The van der Waals surface area contributed by atoms with Gasteiger partial charge in [-0.05, 0) is 62.5 Å². The summed E-state index contributed by atoms with van der Waals surface area (Å²) < 4.78 is 0. The average Bonchev–Trinajstić information content (AvgIpc) is 3.21. The zero-order valence-electron chi connectivity index (χ0n) is 17.9. The van der Waals surface area contributed by atoms with Crippen LogP contribution >= 0.6 is 0 Å². The summed E-state index contributed by atoms with van der Waals surface area (Å²) in [5.74, 6) is 1.00. The zero-order valence-corrected chi connectivity index (χ0v) is 17.9. The van der Waals surface area contributed by atoms with E-state index in [4.69, 9.17) is 0 Å². The number of carbonyl (C=O) groups is 1. The van der Waals surface area contributed by atoms with Gasteiger partial charge in [-0.1, -0.05) is 55.5 Å². The number of amides is 1. The standard InChI is InChI=1S/C25H35N3O/c1-3-23(25(29)27(2)24-12-8-5-9-13-24)14-16-26-18-22-15-17-28(20-22)19-21-10-6-4-7-11-21/h4-13,22-23,26H,3,14-20H2,1-2H3/t22-,23?/m0/s1. The van der Waals surface area contributed by atoms with Crippen molar-refractivity contribution in [1.82, 2.24) is 10.2 Å². The van der Waals surface area contributed by atoms with Crippen LogP contribution in [0.4, 0.5) is 5.69 Å². The normalized spacial score (nSPS) is 17.9. The van der Waals surface area contributed by atoms with Crippen molar-refractivity contribution >= 4 is 11.6 Å². The Hall–Kier alpha value is -2.17. The first-order valence-electron chi connectivity index (χ1n) is 11.0. The molecule has 3 rings (SSSR count). The monoisotopic (exact) mass is 393 g/mol. The van der Waals surface area contributed by atoms with Crippen molar-refractivity contribution in [3.05, 3.63) is 66.2 Å². The largest absolute Gasteiger partial charge is 0.316 e. The second-order valence-electron chi connectivity index (χ2n) is 8.21. The Morgan fingerprint density at radius 1 is 1.14 bits per heavy atom. The maximum atomic E-state index is 12.8. The fourth-order valence-electron chi connectivity index (χ4n) is 4.20. The number of likely N-dealkylation sites (tertiary alicyclic amines) is 1. The highest BCUT2D eigenvalue weighted by atomic mass is 16.2. The third-order valence-electron chi connectivity index (χ3n) is 6.04. The molecule has 1 unspecified atom stereocenters. The molecule has 1 saturated heterocycles. The van der Waals surface area contributed by atoms with Crippen LogP contribution < -0.4 is 10.2 Å². The van der Waals surface area contributed by atoms with Crippen molar-refractivity contribution in [2.75, 3.05) is 38.1 Å². The average molecular weight is 394 g/mol. The first-order valence-corrected chi connectivity index (χ1v) is 11.0. The minimum atomic E-state index is 0.0749. The fraction of sp³-hybridized carbons (Fsp3) is 0.480. The van der Waals surface area contributed by atoms with Gasteiger partial charge in [-0.15, -0.1) is 0 Å². The van der Waals surface area contributed by atoms with E-state index in [2.05, 4.69) is 47.5 Å². The van der Waals surface area contributed by atoms with Crippen LogP contribution in [0.5, 0.6) is 0 Å². The molecule has 0 aromatic heterocycles. The van der Waals surface area contributed by atoms with Crippen molar-refractivity contribution in [3.8, 4) is 0 Å². The lowest BCUT2D eigenvalue weighted by Crippen LogP contribution is -2.35. The van der Waals surface area contributed by atoms with E-state index in [0.29, 0.717) is 5.92 Å². The number of rotatable bonds is 10. The molecule has 2 aromatic rings. The minimum absolute atomic E-state index is 0.0749. The quantitative estimate of drug-likeness (QED) is 0.615. The van der Waals surface area contributed by atoms with E-state index in [9.17, 15) is 4.79 Å². The Morgan fingerprint density at radius 2 is 1.83 bits per heavy atom. The molecule has 29 heavy (non-hydrogen) atoms. The smallest absolute Gasteiger partial charge is 0.229 e. The molecule has 4 nitrogen and oxygen atoms in total. The number of hydrogen-bond acceptors (Lipinski definition) is 3. The van der Waals surface area contributed by atoms with Gasteiger partial charge in [0.2, 0.25) is 5.91 Å². The highest BCUT2D eigenvalue weighted by Gasteiger charge is 2.23. The number of benzene rings is 2. The Bertz CT molecular complexity index is 734. The van der Waals surface area contributed by atoms with Gasteiger partial charge in [0.15, 0.2) is 0 Å². The summed E-state index contributed by atoms with van der Waals surface area (Å²) in [7, 11) is 1.88. The summed E-state index contributed by atoms with van der Waals surface area (Å²) >= 11 is 0. The summed E-state index contributed by atoms with van der Waals surface area (Å²) in [5.41, 5.74) is 2.36. The molecule has 2 aromatic carbocycles. The SMILES string of the molecule is CCC(CCNC[C@@H]1CCN(Cc2ccccc2)C1)C(=O)N(C)c1ccccc1. The maximum Gasteiger partial charge on any atom is 0.229 e. The predicted molar refractivity (Wildman–Crippen MR) is 121 cm³/mol. The van der Waals surface area contributed by atoms with Gasteiger partial charge < -0.3 is 10.2 Å². The van der Waals surface area contributed by atoms with E-state index in [1.807, 2.05) is 37.4 Å². The van der Waals surface area contributed by atoms with Gasteiger partial charge in [-0.2, -0.15) is 0 Å². The molecule has 1 heterocycles. The van der Waals surface area contributed by atoms with Crippen molar-refractivity contribution < 1.29 is 4.79 Å². The molecular formula is C25H35N3O. The minimum Gasteiger partial charge on any atom is -0.316 e. The Kier molecular flexibility index (Phi) is 8.26. The summed E-state index contributed by atoms with van der Waals surface area (Å²) in [6.07, 6.45) is 3.03. The molecule has 1 N–H and O–H groups in total. The number of para-hydroxylation sites is 1. The van der Waals surface area contributed by atoms with Gasteiger partial charge in [-0.3, -0.25) is 9.69 Å². The predicted octanol–water partition coefficient (Wildman–Crippen LogP) is 4.18. The van der Waals surface area contributed by atoms with Gasteiger partial charge in [-0.25, -0.2) is 0 Å². The Balaban J connectivity index is 1.36. The van der Waals surface area contributed by atoms with E-state index in [0.717, 1.165) is 44.7 Å². The maximum absolute atomic E-state index is 12.8. The topological polar surface area (TPSA) is 35.6 Å². The lowest BCUT2D eigenvalue weighted by atomic mass is 10.00. The second-order valence-corrected chi connectivity index (χ2v) is 8.21. The summed E-state index contributed by atoms with van der Waals surface area (Å²) in [6, 6.07) is 20.6. The lowest BCUT2D eigenvalue weighted by Gasteiger charge is -2.23. The number of carbonyl (C=O) groups excluding carboxylic acids is 1. The summed E-state index contributed by atoms with van der Waals surface area (Å²) in [5, 5.41) is 3.61. The molecular weight excluding hydrogens is 358 g/mol. The van der Waals surface area contributed by atoms with Crippen LogP contribution in [-0.2, 0) is 11.3 Å². The first-order chi connectivity index (χ1) is 14.2. The van der Waals surface area contributed by atoms with Gasteiger partial charge in [0.05, 0.1) is 0 Å². The lowest BCUT2D eigenvalue weighted by molar-refractivity contribution is -0.122. The molecule has 1 fully saturated rings. The van der Waals surface area contributed by atoms with Crippen molar-refractivity contribution in [1.29, 1.82) is 0 Å². The van der Waals surface area contributed by atoms with Gasteiger partial charge >= 0.3 is 0 Å². The van der Waals surface area contributed by atoms with Crippen LogP contribution in [0.3, 0.4) is 0 Å². The molecule has 1 aliphatic heterocycles. The molecule has 0 spiro atoms. The summed E-state index contributed by atoms with van der Waals surface area (Å²) in [4.78, 5) is 17.2. The first kappa shape index (κ1) is 21.5. The van der Waals surface area contributed by atoms with Gasteiger partial charge in [0.25, 0.3) is 0 Å². The van der Waals surface area contributed by atoms with Gasteiger partial charge in [0, 0.05) is 31.7 Å². The van der Waals surface area contributed by atoms with E-state index >= 15 is 0 Å². The third-order valence-corrected chi connectivity index (χ3v) is 6.04. The van der Waals surface area contributed by atoms with E-state index in [1.54, 1.807) is 4.90 Å². The number of nitrogens with zero attached hydrogens (tertiary/aromatic N) is 2. The molecule has 1 amide bonds. The van der Waals surface area contributed by atoms with Crippen LogP contribution in [0, 0.1) is 11.8 Å². The Morgan fingerprint density at radius 3 is 2.52 bits per heavy atom. The van der Waals surface area contributed by atoms with Crippen LogP contribution in [0.15, 0.2) is 60.7 Å². The summed E-state index contributed by atoms with van der Waals surface area (Å²) in [6.45, 7) is 7.45. The Labute approximate surface area is 175 Å². The molecule has 0 radical (unpaired) electrons. The molecule has 0 bridgehead atoms. The van der Waals surface area contributed by atoms with Crippen LogP contribution in [0.1, 0.15) is 31.7 Å².